The molecule has 0 bridgehead atoms. The topological polar surface area (TPSA) is 55.1 Å². The number of rotatable bonds is 4. The van der Waals surface area contributed by atoms with Gasteiger partial charge in [0, 0.05) is 12.1 Å². The molecule has 0 fully saturated rings. The molecule has 1 amide bonds. The second-order valence-corrected chi connectivity index (χ2v) is 7.03. The van der Waals surface area contributed by atoms with Gasteiger partial charge < -0.3 is 11.1 Å². The highest BCUT2D eigenvalue weighted by atomic mass is 16.1. The van der Waals surface area contributed by atoms with Gasteiger partial charge in [0.2, 0.25) is 0 Å². The molecule has 1 unspecified atom stereocenters. The van der Waals surface area contributed by atoms with Crippen molar-refractivity contribution in [3.8, 4) is 0 Å². The minimum atomic E-state index is -0.387. The molecule has 0 aromatic heterocycles. The zero-order chi connectivity index (χ0) is 15.6. The third-order valence-corrected chi connectivity index (χ3v) is 4.08. The Morgan fingerprint density at radius 3 is 2.20 bits per heavy atom. The van der Waals surface area contributed by atoms with Gasteiger partial charge in [0.05, 0.1) is 5.54 Å². The average molecular weight is 276 g/mol. The first-order chi connectivity index (χ1) is 9.12. The van der Waals surface area contributed by atoms with Crippen molar-refractivity contribution in [1.29, 1.82) is 0 Å². The highest BCUT2D eigenvalue weighted by Gasteiger charge is 2.30. The van der Waals surface area contributed by atoms with Gasteiger partial charge in [-0.3, -0.25) is 4.79 Å². The molecule has 1 atom stereocenters. The van der Waals surface area contributed by atoms with Crippen LogP contribution in [0.2, 0.25) is 0 Å². The summed E-state index contributed by atoms with van der Waals surface area (Å²) in [6.45, 7) is 12.9. The summed E-state index contributed by atoms with van der Waals surface area (Å²) < 4.78 is 0. The average Bonchev–Trinajstić information content (AvgIpc) is 2.37. The molecule has 0 aliphatic carbocycles. The summed E-state index contributed by atoms with van der Waals surface area (Å²) in [7, 11) is 0. The van der Waals surface area contributed by atoms with Gasteiger partial charge in [-0.2, -0.15) is 0 Å². The highest BCUT2D eigenvalue weighted by Crippen LogP contribution is 2.26. The van der Waals surface area contributed by atoms with Crippen LogP contribution in [0.3, 0.4) is 0 Å². The number of carbonyl (C=O) groups is 1. The van der Waals surface area contributed by atoms with Crippen molar-refractivity contribution in [1.82, 2.24) is 5.32 Å². The van der Waals surface area contributed by atoms with Crippen LogP contribution >= 0.6 is 0 Å². The minimum Gasteiger partial charge on any atom is -0.345 e. The summed E-state index contributed by atoms with van der Waals surface area (Å²) in [5.41, 5.74) is 7.18. The molecule has 20 heavy (non-hydrogen) atoms. The molecule has 1 aromatic carbocycles. The van der Waals surface area contributed by atoms with E-state index in [1.54, 1.807) is 0 Å². The summed E-state index contributed by atoms with van der Waals surface area (Å²) in [5, 5.41) is 3.11. The van der Waals surface area contributed by atoms with Crippen LogP contribution < -0.4 is 11.1 Å². The van der Waals surface area contributed by atoms with Crippen LogP contribution in [0.4, 0.5) is 0 Å². The van der Waals surface area contributed by atoms with E-state index in [-0.39, 0.29) is 22.8 Å². The van der Waals surface area contributed by atoms with Crippen LogP contribution in [0.15, 0.2) is 24.3 Å². The van der Waals surface area contributed by atoms with Crippen molar-refractivity contribution in [2.45, 2.75) is 52.5 Å². The van der Waals surface area contributed by atoms with Crippen molar-refractivity contribution >= 4 is 5.91 Å². The number of nitrogens with two attached hydrogens (primary N) is 1. The lowest BCUT2D eigenvalue weighted by molar-refractivity contribution is 0.0881. The Hall–Kier alpha value is -1.35. The van der Waals surface area contributed by atoms with E-state index in [2.05, 4.69) is 39.9 Å². The van der Waals surface area contributed by atoms with Gasteiger partial charge in [-0.15, -0.1) is 0 Å². The predicted molar refractivity (Wildman–Crippen MR) is 84.9 cm³/mol. The maximum atomic E-state index is 12.6. The third-order valence-electron chi connectivity index (χ3n) is 4.08. The zero-order valence-corrected chi connectivity index (χ0v) is 13.6. The first-order valence-electron chi connectivity index (χ1n) is 7.24. The molecule has 0 heterocycles. The van der Waals surface area contributed by atoms with E-state index in [1.807, 2.05) is 31.2 Å². The lowest BCUT2D eigenvalue weighted by atomic mass is 9.82. The molecule has 0 saturated heterocycles. The van der Waals surface area contributed by atoms with Crippen molar-refractivity contribution in [2.75, 3.05) is 6.54 Å². The molecule has 3 nitrogen and oxygen atoms in total. The van der Waals surface area contributed by atoms with Gasteiger partial charge in [0.1, 0.15) is 0 Å². The minimum absolute atomic E-state index is 0.0443. The molecular formula is C17H28N2O. The Bertz CT molecular complexity index is 474. The zero-order valence-electron chi connectivity index (χ0n) is 13.6. The van der Waals surface area contributed by atoms with Gasteiger partial charge >= 0.3 is 0 Å². The molecule has 1 aromatic rings. The molecule has 3 heteroatoms. The Balaban J connectivity index is 3.11. The van der Waals surface area contributed by atoms with E-state index in [9.17, 15) is 4.79 Å². The lowest BCUT2D eigenvalue weighted by Gasteiger charge is -2.34. The number of nitrogens with one attached hydrogen (secondary N) is 1. The normalized spacial score (nSPS) is 15.0. The Kier molecular flexibility index (Phi) is 4.98. The SMILES string of the molecule is CC(C)C(C)(CN)NC(=O)c1ccccc1C(C)(C)C. The number of carbonyl (C=O) groups excluding carboxylic acids is 1. The van der Waals surface area contributed by atoms with Gasteiger partial charge in [-0.25, -0.2) is 0 Å². The molecular weight excluding hydrogens is 248 g/mol. The van der Waals surface area contributed by atoms with E-state index < -0.39 is 0 Å². The predicted octanol–water partition coefficient (Wildman–Crippen LogP) is 3.09. The van der Waals surface area contributed by atoms with Crippen molar-refractivity contribution in [3.63, 3.8) is 0 Å². The standard InChI is InChI=1S/C17H28N2O/c1-12(2)17(6,11-18)19-15(20)13-9-7-8-10-14(13)16(3,4)5/h7-10,12H,11,18H2,1-6H3,(H,19,20). The second-order valence-electron chi connectivity index (χ2n) is 7.03. The Labute approximate surface area is 122 Å². The quantitative estimate of drug-likeness (QED) is 0.888. The second kappa shape index (κ2) is 5.96. The van der Waals surface area contributed by atoms with E-state index in [0.717, 1.165) is 11.1 Å². The smallest absolute Gasteiger partial charge is 0.252 e. The molecule has 0 aliphatic rings. The van der Waals surface area contributed by atoms with Crippen LogP contribution in [-0.2, 0) is 5.41 Å². The highest BCUT2D eigenvalue weighted by molar-refractivity contribution is 5.96. The molecule has 3 N–H and O–H groups in total. The maximum Gasteiger partial charge on any atom is 0.252 e. The van der Waals surface area contributed by atoms with E-state index in [0.29, 0.717) is 6.54 Å². The molecule has 0 aliphatic heterocycles. The van der Waals surface area contributed by atoms with E-state index >= 15 is 0 Å². The summed E-state index contributed by atoms with van der Waals surface area (Å²) >= 11 is 0. The maximum absolute atomic E-state index is 12.6. The Morgan fingerprint density at radius 2 is 1.75 bits per heavy atom. The van der Waals surface area contributed by atoms with E-state index in [1.165, 1.54) is 0 Å². The fraction of sp³-hybridized carbons (Fsp3) is 0.588. The number of benzene rings is 1. The summed E-state index contributed by atoms with van der Waals surface area (Å²) in [5.74, 6) is 0.232. The van der Waals surface area contributed by atoms with Crippen LogP contribution in [0.25, 0.3) is 0 Å². The number of hydrogen-bond acceptors (Lipinski definition) is 2. The molecule has 0 spiro atoms. The molecule has 112 valence electrons. The molecule has 0 radical (unpaired) electrons. The van der Waals surface area contributed by atoms with E-state index in [4.69, 9.17) is 5.73 Å². The first-order valence-corrected chi connectivity index (χ1v) is 7.24. The van der Waals surface area contributed by atoms with Crippen molar-refractivity contribution in [3.05, 3.63) is 35.4 Å². The van der Waals surface area contributed by atoms with Gasteiger partial charge in [-0.05, 0) is 29.9 Å². The van der Waals surface area contributed by atoms with Crippen LogP contribution in [0.5, 0.6) is 0 Å². The fourth-order valence-electron chi connectivity index (χ4n) is 2.09. The van der Waals surface area contributed by atoms with Gasteiger partial charge in [0.15, 0.2) is 0 Å². The number of hydrogen-bond donors (Lipinski definition) is 2. The number of amides is 1. The van der Waals surface area contributed by atoms with Gasteiger partial charge in [-0.1, -0.05) is 52.8 Å². The monoisotopic (exact) mass is 276 g/mol. The van der Waals surface area contributed by atoms with Gasteiger partial charge in [0.25, 0.3) is 5.91 Å². The van der Waals surface area contributed by atoms with Crippen LogP contribution in [-0.4, -0.2) is 18.0 Å². The Morgan fingerprint density at radius 1 is 1.20 bits per heavy atom. The van der Waals surface area contributed by atoms with Crippen molar-refractivity contribution in [2.24, 2.45) is 11.7 Å². The third kappa shape index (κ3) is 3.60. The van der Waals surface area contributed by atoms with Crippen LogP contribution in [0, 0.1) is 5.92 Å². The largest absolute Gasteiger partial charge is 0.345 e. The summed E-state index contributed by atoms with van der Waals surface area (Å²) in [6.07, 6.45) is 0. The summed E-state index contributed by atoms with van der Waals surface area (Å²) in [6, 6.07) is 7.78. The first kappa shape index (κ1) is 16.7. The van der Waals surface area contributed by atoms with Crippen LogP contribution in [0.1, 0.15) is 57.5 Å². The molecule has 0 saturated carbocycles. The lowest BCUT2D eigenvalue weighted by Crippen LogP contribution is -2.55. The van der Waals surface area contributed by atoms with Crippen molar-refractivity contribution < 1.29 is 4.79 Å². The molecule has 1 rings (SSSR count). The summed E-state index contributed by atoms with van der Waals surface area (Å²) in [4.78, 5) is 12.6. The fourth-order valence-corrected chi connectivity index (χ4v) is 2.09.